The summed E-state index contributed by atoms with van der Waals surface area (Å²) in [5.74, 6) is 0.399. The molecule has 0 saturated carbocycles. The normalized spacial score (nSPS) is 12.4. The van der Waals surface area contributed by atoms with E-state index in [9.17, 15) is 0 Å². The molecule has 1 atom stereocenters. The summed E-state index contributed by atoms with van der Waals surface area (Å²) >= 11 is 0. The van der Waals surface area contributed by atoms with Gasteiger partial charge in [-0.05, 0) is 62.9 Å². The second kappa shape index (κ2) is 6.23. The second-order valence-corrected chi connectivity index (χ2v) is 5.98. The number of benzene rings is 2. The zero-order chi connectivity index (χ0) is 14.7. The minimum absolute atomic E-state index is 0.399. The number of hydrogen-bond donors (Lipinski definition) is 1. The number of nitrogens with two attached hydrogens (primary N) is 1. The van der Waals surface area contributed by atoms with Gasteiger partial charge in [0.1, 0.15) is 0 Å². The van der Waals surface area contributed by atoms with E-state index >= 15 is 0 Å². The largest absolute Gasteiger partial charge is 0.330 e. The Kier molecular flexibility index (Phi) is 4.61. The van der Waals surface area contributed by atoms with E-state index in [1.54, 1.807) is 0 Å². The first kappa shape index (κ1) is 14.8. The molecule has 1 nitrogen and oxygen atoms in total. The molecule has 2 rings (SSSR count). The van der Waals surface area contributed by atoms with Crippen molar-refractivity contribution in [3.05, 3.63) is 69.8 Å². The fraction of sp³-hybridized carbons (Fsp3) is 0.368. The topological polar surface area (TPSA) is 26.0 Å². The van der Waals surface area contributed by atoms with Crippen LogP contribution in [0.4, 0.5) is 0 Å². The van der Waals surface area contributed by atoms with E-state index in [1.807, 2.05) is 0 Å². The molecule has 0 spiro atoms. The van der Waals surface area contributed by atoms with Gasteiger partial charge in [0, 0.05) is 5.92 Å². The van der Waals surface area contributed by atoms with Crippen LogP contribution in [0.5, 0.6) is 0 Å². The predicted octanol–water partition coefficient (Wildman–Crippen LogP) is 4.21. The van der Waals surface area contributed by atoms with Gasteiger partial charge in [-0.25, -0.2) is 0 Å². The van der Waals surface area contributed by atoms with Gasteiger partial charge < -0.3 is 5.73 Å². The van der Waals surface area contributed by atoms with Crippen LogP contribution in [0.15, 0.2) is 36.4 Å². The zero-order valence-electron chi connectivity index (χ0n) is 13.0. The Morgan fingerprint density at radius 1 is 0.850 bits per heavy atom. The third-order valence-corrected chi connectivity index (χ3v) is 4.05. The SMILES string of the molecule is Cc1cc(C)cc(CC(CN)c2ccc(C)c(C)c2)c1. The predicted molar refractivity (Wildman–Crippen MR) is 87.3 cm³/mol. The highest BCUT2D eigenvalue weighted by atomic mass is 14.5. The van der Waals surface area contributed by atoms with E-state index in [2.05, 4.69) is 64.1 Å². The van der Waals surface area contributed by atoms with Crippen LogP contribution in [0, 0.1) is 27.7 Å². The molecule has 2 N–H and O–H groups in total. The fourth-order valence-electron chi connectivity index (χ4n) is 2.83. The monoisotopic (exact) mass is 267 g/mol. The first-order valence-electron chi connectivity index (χ1n) is 7.34. The molecule has 20 heavy (non-hydrogen) atoms. The van der Waals surface area contributed by atoms with Crippen LogP contribution in [-0.2, 0) is 6.42 Å². The van der Waals surface area contributed by atoms with Gasteiger partial charge in [0.15, 0.2) is 0 Å². The average molecular weight is 267 g/mol. The number of rotatable bonds is 4. The molecule has 1 unspecified atom stereocenters. The lowest BCUT2D eigenvalue weighted by atomic mass is 9.89. The summed E-state index contributed by atoms with van der Waals surface area (Å²) in [5, 5.41) is 0. The van der Waals surface area contributed by atoms with Gasteiger partial charge in [-0.3, -0.25) is 0 Å². The smallest absolute Gasteiger partial charge is 0.000167 e. The summed E-state index contributed by atoms with van der Waals surface area (Å²) < 4.78 is 0. The van der Waals surface area contributed by atoms with Gasteiger partial charge in [0.25, 0.3) is 0 Å². The van der Waals surface area contributed by atoms with Crippen molar-refractivity contribution in [1.29, 1.82) is 0 Å². The molecule has 0 radical (unpaired) electrons. The molecule has 0 heterocycles. The molecule has 1 heteroatoms. The van der Waals surface area contributed by atoms with Gasteiger partial charge in [-0.1, -0.05) is 47.5 Å². The highest BCUT2D eigenvalue weighted by Gasteiger charge is 2.12. The van der Waals surface area contributed by atoms with Crippen LogP contribution in [0.1, 0.15) is 39.3 Å². The van der Waals surface area contributed by atoms with E-state index in [-0.39, 0.29) is 0 Å². The molecular formula is C19H25N. The van der Waals surface area contributed by atoms with Crippen molar-refractivity contribution in [1.82, 2.24) is 0 Å². The fourth-order valence-corrected chi connectivity index (χ4v) is 2.83. The minimum atomic E-state index is 0.399. The van der Waals surface area contributed by atoms with Crippen molar-refractivity contribution >= 4 is 0 Å². The van der Waals surface area contributed by atoms with Crippen LogP contribution in [0.3, 0.4) is 0 Å². The average Bonchev–Trinajstić information content (AvgIpc) is 2.38. The summed E-state index contributed by atoms with van der Waals surface area (Å²) in [6.07, 6.45) is 1.02. The summed E-state index contributed by atoms with van der Waals surface area (Å²) in [4.78, 5) is 0. The van der Waals surface area contributed by atoms with Crippen molar-refractivity contribution in [3.8, 4) is 0 Å². The lowest BCUT2D eigenvalue weighted by molar-refractivity contribution is 0.693. The standard InChI is InChI=1S/C19H25N/c1-13-7-14(2)9-17(8-13)11-19(12-20)18-6-5-15(3)16(4)10-18/h5-10,19H,11-12,20H2,1-4H3. The Bertz CT molecular complexity index is 578. The molecule has 0 amide bonds. The van der Waals surface area contributed by atoms with Crippen molar-refractivity contribution in [2.24, 2.45) is 5.73 Å². The van der Waals surface area contributed by atoms with E-state index in [0.29, 0.717) is 12.5 Å². The minimum Gasteiger partial charge on any atom is -0.330 e. The van der Waals surface area contributed by atoms with Crippen molar-refractivity contribution in [2.75, 3.05) is 6.54 Å². The van der Waals surface area contributed by atoms with E-state index in [4.69, 9.17) is 5.73 Å². The highest BCUT2D eigenvalue weighted by Crippen LogP contribution is 2.23. The molecule has 0 aliphatic carbocycles. The van der Waals surface area contributed by atoms with E-state index < -0.39 is 0 Å². The first-order chi connectivity index (χ1) is 9.49. The number of hydrogen-bond acceptors (Lipinski definition) is 1. The number of aryl methyl sites for hydroxylation is 4. The summed E-state index contributed by atoms with van der Waals surface area (Å²) in [6.45, 7) is 9.33. The molecule has 2 aromatic carbocycles. The van der Waals surface area contributed by atoms with Gasteiger partial charge in [0.2, 0.25) is 0 Å². The van der Waals surface area contributed by atoms with Crippen molar-refractivity contribution in [3.63, 3.8) is 0 Å². The molecule has 0 saturated heterocycles. The van der Waals surface area contributed by atoms with Crippen LogP contribution < -0.4 is 5.73 Å². The lowest BCUT2D eigenvalue weighted by Gasteiger charge is -2.17. The highest BCUT2D eigenvalue weighted by molar-refractivity contribution is 5.35. The van der Waals surface area contributed by atoms with Crippen molar-refractivity contribution in [2.45, 2.75) is 40.0 Å². The maximum Gasteiger partial charge on any atom is 0.000167 e. The van der Waals surface area contributed by atoms with Crippen molar-refractivity contribution < 1.29 is 0 Å². The van der Waals surface area contributed by atoms with Crippen LogP contribution in [0.2, 0.25) is 0 Å². The maximum absolute atomic E-state index is 6.02. The van der Waals surface area contributed by atoms with Gasteiger partial charge >= 0.3 is 0 Å². The van der Waals surface area contributed by atoms with Gasteiger partial charge in [0.05, 0.1) is 0 Å². The third kappa shape index (κ3) is 3.49. The zero-order valence-corrected chi connectivity index (χ0v) is 13.0. The Morgan fingerprint density at radius 2 is 1.50 bits per heavy atom. The Balaban J connectivity index is 2.26. The van der Waals surface area contributed by atoms with Crippen LogP contribution in [0.25, 0.3) is 0 Å². The Hall–Kier alpha value is -1.60. The van der Waals surface area contributed by atoms with E-state index in [1.165, 1.54) is 33.4 Å². The van der Waals surface area contributed by atoms with Gasteiger partial charge in [-0.2, -0.15) is 0 Å². The quantitative estimate of drug-likeness (QED) is 0.882. The molecule has 0 bridgehead atoms. The third-order valence-electron chi connectivity index (χ3n) is 4.05. The molecule has 0 fully saturated rings. The maximum atomic E-state index is 6.02. The van der Waals surface area contributed by atoms with Crippen LogP contribution >= 0.6 is 0 Å². The summed E-state index contributed by atoms with van der Waals surface area (Å²) in [5.41, 5.74) is 14.1. The second-order valence-electron chi connectivity index (χ2n) is 5.98. The Morgan fingerprint density at radius 3 is 2.05 bits per heavy atom. The van der Waals surface area contributed by atoms with E-state index in [0.717, 1.165) is 6.42 Å². The lowest BCUT2D eigenvalue weighted by Crippen LogP contribution is -2.15. The molecule has 0 aliphatic heterocycles. The molecule has 106 valence electrons. The molecule has 0 aromatic heterocycles. The Labute approximate surface area is 122 Å². The molecule has 2 aromatic rings. The summed E-state index contributed by atoms with van der Waals surface area (Å²) in [6, 6.07) is 13.5. The summed E-state index contributed by atoms with van der Waals surface area (Å²) in [7, 11) is 0. The first-order valence-corrected chi connectivity index (χ1v) is 7.34. The van der Waals surface area contributed by atoms with Gasteiger partial charge in [-0.15, -0.1) is 0 Å². The van der Waals surface area contributed by atoms with Crippen LogP contribution in [-0.4, -0.2) is 6.54 Å². The molecular weight excluding hydrogens is 242 g/mol. The molecule has 0 aliphatic rings.